The second-order valence-electron chi connectivity index (χ2n) is 2.50. The Bertz CT molecular complexity index is 429. The van der Waals surface area contributed by atoms with Gasteiger partial charge in [-0.05, 0) is 0 Å². The number of carbonyl (C=O) groups is 2. The third-order valence-electron chi connectivity index (χ3n) is 1.56. The molecule has 1 heterocycles. The van der Waals surface area contributed by atoms with E-state index in [-0.39, 0.29) is 17.1 Å². The minimum Gasteiger partial charge on any atom is -0.464 e. The van der Waals surface area contributed by atoms with Crippen molar-refractivity contribution < 1.29 is 19.2 Å². The predicted molar refractivity (Wildman–Crippen MR) is 47.6 cm³/mol. The highest BCUT2D eigenvalue weighted by molar-refractivity contribution is 5.89. The summed E-state index contributed by atoms with van der Waals surface area (Å²) in [5.41, 5.74) is -0.842. The lowest BCUT2D eigenvalue weighted by atomic mass is 10.2. The van der Waals surface area contributed by atoms with Crippen LogP contribution < -0.4 is 0 Å². The summed E-state index contributed by atoms with van der Waals surface area (Å²) in [6.45, 7) is 0. The summed E-state index contributed by atoms with van der Waals surface area (Å²) >= 11 is 0. The molecular formula is C8H6N2O5. The molecule has 0 unspecified atom stereocenters. The molecule has 0 aliphatic heterocycles. The van der Waals surface area contributed by atoms with Crippen molar-refractivity contribution in [2.45, 2.75) is 0 Å². The molecule has 0 N–H and O–H groups in total. The minimum atomic E-state index is -0.832. The Morgan fingerprint density at radius 2 is 2.27 bits per heavy atom. The Kier molecular flexibility index (Phi) is 3.06. The van der Waals surface area contributed by atoms with Crippen LogP contribution in [0.4, 0.5) is 5.69 Å². The molecule has 0 saturated heterocycles. The predicted octanol–water partition coefficient (Wildman–Crippen LogP) is 0.589. The molecule has 0 amide bonds. The first-order chi connectivity index (χ1) is 7.08. The molecule has 7 heteroatoms. The summed E-state index contributed by atoms with van der Waals surface area (Å²) in [6.07, 6.45) is 0.319. The second kappa shape index (κ2) is 4.27. The van der Waals surface area contributed by atoms with E-state index in [9.17, 15) is 19.7 Å². The second-order valence-corrected chi connectivity index (χ2v) is 2.50. The number of nitrogens with zero attached hydrogens (tertiary/aromatic N) is 2. The lowest BCUT2D eigenvalue weighted by Crippen LogP contribution is -2.07. The van der Waals surface area contributed by atoms with Crippen LogP contribution in [0.5, 0.6) is 0 Å². The van der Waals surface area contributed by atoms with Gasteiger partial charge in [-0.3, -0.25) is 14.9 Å². The third kappa shape index (κ3) is 2.33. The molecule has 15 heavy (non-hydrogen) atoms. The van der Waals surface area contributed by atoms with Gasteiger partial charge in [0, 0.05) is 12.1 Å². The zero-order valence-corrected chi connectivity index (χ0v) is 7.67. The molecule has 0 bridgehead atoms. The highest BCUT2D eigenvalue weighted by Crippen LogP contribution is 2.13. The molecule has 78 valence electrons. The van der Waals surface area contributed by atoms with Crippen molar-refractivity contribution in [3.63, 3.8) is 0 Å². The van der Waals surface area contributed by atoms with Crippen molar-refractivity contribution in [3.8, 4) is 0 Å². The average molecular weight is 210 g/mol. The molecule has 0 aromatic carbocycles. The number of pyridine rings is 1. The number of aromatic nitrogens is 1. The molecule has 0 spiro atoms. The quantitative estimate of drug-likeness (QED) is 0.313. The Hall–Kier alpha value is -2.31. The zero-order valence-electron chi connectivity index (χ0n) is 7.67. The van der Waals surface area contributed by atoms with Crippen molar-refractivity contribution >= 4 is 17.9 Å². The minimum absolute atomic E-state index is 0.190. The first-order valence-corrected chi connectivity index (χ1v) is 3.78. The van der Waals surface area contributed by atoms with Gasteiger partial charge in [-0.1, -0.05) is 0 Å². The van der Waals surface area contributed by atoms with E-state index in [4.69, 9.17) is 0 Å². The molecule has 7 nitrogen and oxygen atoms in total. The fourth-order valence-corrected chi connectivity index (χ4v) is 0.912. The number of esters is 1. The van der Waals surface area contributed by atoms with Gasteiger partial charge in [-0.2, -0.15) is 0 Å². The van der Waals surface area contributed by atoms with E-state index in [1.807, 2.05) is 0 Å². The van der Waals surface area contributed by atoms with E-state index in [1.165, 1.54) is 0 Å². The van der Waals surface area contributed by atoms with Crippen LogP contribution in [0.15, 0.2) is 12.1 Å². The van der Waals surface area contributed by atoms with Crippen LogP contribution in [-0.4, -0.2) is 29.3 Å². The van der Waals surface area contributed by atoms with Crippen molar-refractivity contribution in [2.75, 3.05) is 7.11 Å². The summed E-state index contributed by atoms with van der Waals surface area (Å²) in [5.74, 6) is -0.832. The molecule has 0 aliphatic rings. The lowest BCUT2D eigenvalue weighted by Gasteiger charge is -1.99. The van der Waals surface area contributed by atoms with Crippen LogP contribution in [0, 0.1) is 10.1 Å². The van der Waals surface area contributed by atoms with Gasteiger partial charge in [0.1, 0.15) is 5.69 Å². The van der Waals surface area contributed by atoms with Crippen LogP contribution >= 0.6 is 0 Å². The molecule has 1 aromatic heterocycles. The van der Waals surface area contributed by atoms with Crippen LogP contribution in [0.25, 0.3) is 0 Å². The summed E-state index contributed by atoms with van der Waals surface area (Å²) in [5, 5.41) is 10.4. The van der Waals surface area contributed by atoms with Crippen LogP contribution in [0.2, 0.25) is 0 Å². The van der Waals surface area contributed by atoms with Gasteiger partial charge in [-0.15, -0.1) is 0 Å². The maximum absolute atomic E-state index is 11.0. The summed E-state index contributed by atoms with van der Waals surface area (Å²) in [7, 11) is 1.11. The van der Waals surface area contributed by atoms with Gasteiger partial charge in [0.25, 0.3) is 5.69 Å². The van der Waals surface area contributed by atoms with Gasteiger partial charge < -0.3 is 4.74 Å². The number of hydrogen-bond acceptors (Lipinski definition) is 6. The van der Waals surface area contributed by atoms with E-state index in [0.29, 0.717) is 6.29 Å². The van der Waals surface area contributed by atoms with Gasteiger partial charge in [-0.25, -0.2) is 9.78 Å². The number of hydrogen-bond donors (Lipinski definition) is 0. The van der Waals surface area contributed by atoms with Gasteiger partial charge in [0.05, 0.1) is 12.0 Å². The van der Waals surface area contributed by atoms with Crippen molar-refractivity contribution in [1.29, 1.82) is 0 Å². The molecule has 0 aliphatic carbocycles. The summed E-state index contributed by atoms with van der Waals surface area (Å²) in [6, 6.07) is 1.91. The smallest absolute Gasteiger partial charge is 0.356 e. The average Bonchev–Trinajstić information content (AvgIpc) is 2.27. The van der Waals surface area contributed by atoms with Gasteiger partial charge in [0.15, 0.2) is 12.0 Å². The fraction of sp³-hybridized carbons (Fsp3) is 0.125. The standard InChI is InChI=1S/C8H6N2O5/c1-15-8(12)7-3-6(10(13)14)2-5(4-11)9-7/h2-4H,1H3. The summed E-state index contributed by atoms with van der Waals surface area (Å²) < 4.78 is 4.33. The van der Waals surface area contributed by atoms with Crippen LogP contribution in [0.1, 0.15) is 21.0 Å². The van der Waals surface area contributed by atoms with Gasteiger partial charge in [0.2, 0.25) is 0 Å². The van der Waals surface area contributed by atoms with Gasteiger partial charge >= 0.3 is 5.97 Å². The topological polar surface area (TPSA) is 99.4 Å². The Labute approximate surface area is 83.8 Å². The first kappa shape index (κ1) is 10.8. The fourth-order valence-electron chi connectivity index (χ4n) is 0.912. The zero-order chi connectivity index (χ0) is 11.4. The number of methoxy groups -OCH3 is 1. The van der Waals surface area contributed by atoms with E-state index >= 15 is 0 Å². The molecular weight excluding hydrogens is 204 g/mol. The monoisotopic (exact) mass is 210 g/mol. The maximum atomic E-state index is 11.0. The van der Waals surface area contributed by atoms with E-state index in [0.717, 1.165) is 19.2 Å². The molecule has 0 saturated carbocycles. The highest BCUT2D eigenvalue weighted by Gasteiger charge is 2.15. The summed E-state index contributed by atoms with van der Waals surface area (Å²) in [4.78, 5) is 34.7. The third-order valence-corrected chi connectivity index (χ3v) is 1.56. The van der Waals surface area contributed by atoms with Crippen molar-refractivity contribution in [2.24, 2.45) is 0 Å². The SMILES string of the molecule is COC(=O)c1cc([N+](=O)[O-])cc(C=O)n1. The lowest BCUT2D eigenvalue weighted by molar-refractivity contribution is -0.385. The Morgan fingerprint density at radius 1 is 1.60 bits per heavy atom. The highest BCUT2D eigenvalue weighted by atomic mass is 16.6. The van der Waals surface area contributed by atoms with E-state index in [1.54, 1.807) is 0 Å². The van der Waals surface area contributed by atoms with Crippen LogP contribution in [-0.2, 0) is 4.74 Å². The van der Waals surface area contributed by atoms with E-state index < -0.39 is 10.9 Å². The number of aldehydes is 1. The molecule has 0 atom stereocenters. The number of nitro groups is 1. The number of ether oxygens (including phenoxy) is 1. The number of carbonyl (C=O) groups excluding carboxylic acids is 2. The number of rotatable bonds is 3. The van der Waals surface area contributed by atoms with E-state index in [2.05, 4.69) is 9.72 Å². The first-order valence-electron chi connectivity index (χ1n) is 3.78. The molecule has 0 radical (unpaired) electrons. The van der Waals surface area contributed by atoms with Crippen molar-refractivity contribution in [1.82, 2.24) is 4.98 Å². The molecule has 1 rings (SSSR count). The Morgan fingerprint density at radius 3 is 2.73 bits per heavy atom. The largest absolute Gasteiger partial charge is 0.464 e. The normalized spacial score (nSPS) is 9.40. The molecule has 0 fully saturated rings. The van der Waals surface area contributed by atoms with Crippen molar-refractivity contribution in [3.05, 3.63) is 33.6 Å². The molecule has 1 aromatic rings. The Balaban J connectivity index is 3.28. The maximum Gasteiger partial charge on any atom is 0.356 e. The van der Waals surface area contributed by atoms with Crippen LogP contribution in [0.3, 0.4) is 0 Å².